The van der Waals surface area contributed by atoms with E-state index in [2.05, 4.69) is 102 Å². The van der Waals surface area contributed by atoms with Crippen LogP contribution in [0.2, 0.25) is 26.2 Å². The molecule has 2 nitrogen and oxygen atoms in total. The lowest BCUT2D eigenvalue weighted by atomic mass is 10.1. The van der Waals surface area contributed by atoms with Gasteiger partial charge in [0, 0.05) is 12.2 Å². The molecule has 0 aromatic heterocycles. The SMILES string of the molecule is CC(C)O[Si](C)(C)/C=C/c1ccc(/C=C/[Si](C)(C)OC(C)C)cc1. The molecule has 1 aromatic carbocycles. The fourth-order valence-electron chi connectivity index (χ4n) is 2.61. The van der Waals surface area contributed by atoms with Crippen LogP contribution < -0.4 is 0 Å². The van der Waals surface area contributed by atoms with Crippen LogP contribution >= 0.6 is 0 Å². The molecular formula is C20H34O2Si2. The quantitative estimate of drug-likeness (QED) is 0.524. The lowest BCUT2D eigenvalue weighted by molar-refractivity contribution is 0.237. The summed E-state index contributed by atoms with van der Waals surface area (Å²) in [6, 6.07) is 8.64. The van der Waals surface area contributed by atoms with Gasteiger partial charge >= 0.3 is 0 Å². The van der Waals surface area contributed by atoms with Gasteiger partial charge in [0.15, 0.2) is 0 Å². The number of benzene rings is 1. The molecule has 0 aliphatic rings. The van der Waals surface area contributed by atoms with Crippen molar-refractivity contribution in [1.82, 2.24) is 0 Å². The van der Waals surface area contributed by atoms with E-state index in [-0.39, 0.29) is 12.2 Å². The van der Waals surface area contributed by atoms with Crippen molar-refractivity contribution >= 4 is 28.8 Å². The first kappa shape index (κ1) is 21.1. The summed E-state index contributed by atoms with van der Waals surface area (Å²) in [5.41, 5.74) is 6.94. The maximum absolute atomic E-state index is 6.02. The molecule has 0 aliphatic heterocycles. The second-order valence-electron chi connectivity index (χ2n) is 7.87. The van der Waals surface area contributed by atoms with E-state index in [0.717, 1.165) is 0 Å². The highest BCUT2D eigenvalue weighted by molar-refractivity contribution is 6.77. The molecule has 0 saturated carbocycles. The molecule has 0 unspecified atom stereocenters. The third kappa shape index (κ3) is 8.78. The predicted octanol–water partition coefficient (Wildman–Crippen LogP) is 6.05. The van der Waals surface area contributed by atoms with E-state index in [1.54, 1.807) is 0 Å². The van der Waals surface area contributed by atoms with Crippen molar-refractivity contribution in [2.24, 2.45) is 0 Å². The molecule has 134 valence electrons. The molecule has 1 rings (SSSR count). The van der Waals surface area contributed by atoms with Gasteiger partial charge in [0.1, 0.15) is 0 Å². The molecule has 0 spiro atoms. The topological polar surface area (TPSA) is 18.5 Å². The summed E-state index contributed by atoms with van der Waals surface area (Å²) in [6.45, 7) is 17.3. The Bertz CT molecular complexity index is 505. The Balaban J connectivity index is 2.73. The Morgan fingerprint density at radius 2 is 0.958 bits per heavy atom. The molecule has 0 atom stereocenters. The first-order chi connectivity index (χ1) is 11.0. The molecule has 0 radical (unpaired) electrons. The Labute approximate surface area is 150 Å². The fraction of sp³-hybridized carbons (Fsp3) is 0.500. The standard InChI is InChI=1S/C20H34O2Si2/c1-17(2)21-23(5,6)15-13-19-9-11-20(12-10-19)14-16-24(7,8)22-18(3)4/h9-18H,1-8H3/b15-13+,16-14+. The summed E-state index contributed by atoms with van der Waals surface area (Å²) in [5, 5.41) is 0. The van der Waals surface area contributed by atoms with Crippen LogP contribution in [0.15, 0.2) is 35.7 Å². The summed E-state index contributed by atoms with van der Waals surface area (Å²) >= 11 is 0. The van der Waals surface area contributed by atoms with E-state index in [9.17, 15) is 0 Å². The maximum atomic E-state index is 6.02. The van der Waals surface area contributed by atoms with Gasteiger partial charge in [0.25, 0.3) is 0 Å². The van der Waals surface area contributed by atoms with E-state index in [1.807, 2.05) is 0 Å². The van der Waals surface area contributed by atoms with Crippen LogP contribution in [0, 0.1) is 0 Å². The van der Waals surface area contributed by atoms with Gasteiger partial charge in [0.2, 0.25) is 16.6 Å². The van der Waals surface area contributed by atoms with Crippen LogP contribution in [0.3, 0.4) is 0 Å². The highest BCUT2D eigenvalue weighted by Crippen LogP contribution is 2.15. The van der Waals surface area contributed by atoms with Crippen molar-refractivity contribution in [2.75, 3.05) is 0 Å². The van der Waals surface area contributed by atoms with Crippen molar-refractivity contribution in [3.63, 3.8) is 0 Å². The zero-order valence-corrected chi connectivity index (χ0v) is 18.6. The minimum Gasteiger partial charge on any atom is -0.411 e. The molecular weight excluding hydrogens is 328 g/mol. The number of rotatable bonds is 8. The number of hydrogen-bond donors (Lipinski definition) is 0. The van der Waals surface area contributed by atoms with Crippen LogP contribution in [-0.2, 0) is 8.85 Å². The van der Waals surface area contributed by atoms with Gasteiger partial charge < -0.3 is 8.85 Å². The summed E-state index contributed by atoms with van der Waals surface area (Å²) in [7, 11) is -3.45. The summed E-state index contributed by atoms with van der Waals surface area (Å²) in [5.74, 6) is 0. The first-order valence-electron chi connectivity index (χ1n) is 8.83. The van der Waals surface area contributed by atoms with Crippen molar-refractivity contribution in [2.45, 2.75) is 66.1 Å². The average Bonchev–Trinajstić information content (AvgIpc) is 2.41. The second-order valence-corrected chi connectivity index (χ2v) is 15.4. The average molecular weight is 363 g/mol. The molecule has 0 saturated heterocycles. The van der Waals surface area contributed by atoms with Gasteiger partial charge in [-0.25, -0.2) is 0 Å². The van der Waals surface area contributed by atoms with Crippen LogP contribution in [0.25, 0.3) is 12.2 Å². The molecule has 0 fully saturated rings. The molecule has 0 N–H and O–H groups in total. The van der Waals surface area contributed by atoms with Crippen molar-refractivity contribution in [3.05, 3.63) is 46.8 Å². The molecule has 0 amide bonds. The summed E-state index contributed by atoms with van der Waals surface area (Å²) < 4.78 is 12.0. The Morgan fingerprint density at radius 3 is 1.21 bits per heavy atom. The minimum atomic E-state index is -1.72. The lowest BCUT2D eigenvalue weighted by Gasteiger charge is -2.22. The normalized spacial score (nSPS) is 13.8. The Hall–Kier alpha value is -0.946. The lowest BCUT2D eigenvalue weighted by Crippen LogP contribution is -2.31. The van der Waals surface area contributed by atoms with E-state index < -0.39 is 16.6 Å². The van der Waals surface area contributed by atoms with Crippen LogP contribution in [0.4, 0.5) is 0 Å². The van der Waals surface area contributed by atoms with Crippen LogP contribution in [-0.4, -0.2) is 28.8 Å². The van der Waals surface area contributed by atoms with E-state index in [4.69, 9.17) is 8.85 Å². The molecule has 24 heavy (non-hydrogen) atoms. The minimum absolute atomic E-state index is 0.282. The molecule has 1 aromatic rings. The van der Waals surface area contributed by atoms with Crippen molar-refractivity contribution in [3.8, 4) is 0 Å². The highest BCUT2D eigenvalue weighted by Gasteiger charge is 2.20. The fourth-order valence-corrected chi connectivity index (χ4v) is 6.38. The largest absolute Gasteiger partial charge is 0.411 e. The van der Waals surface area contributed by atoms with Gasteiger partial charge in [-0.15, -0.1) is 0 Å². The molecule has 0 heterocycles. The second kappa shape index (κ2) is 8.95. The smallest absolute Gasteiger partial charge is 0.211 e. The zero-order valence-electron chi connectivity index (χ0n) is 16.6. The van der Waals surface area contributed by atoms with Crippen LogP contribution in [0.5, 0.6) is 0 Å². The molecule has 0 bridgehead atoms. The van der Waals surface area contributed by atoms with Crippen molar-refractivity contribution in [1.29, 1.82) is 0 Å². The van der Waals surface area contributed by atoms with E-state index in [0.29, 0.717) is 0 Å². The van der Waals surface area contributed by atoms with Gasteiger partial charge in [-0.1, -0.05) is 47.8 Å². The first-order valence-corrected chi connectivity index (χ1v) is 14.8. The molecule has 4 heteroatoms. The van der Waals surface area contributed by atoms with Crippen molar-refractivity contribution < 1.29 is 8.85 Å². The summed E-state index contributed by atoms with van der Waals surface area (Å²) in [6.07, 6.45) is 4.93. The number of hydrogen-bond acceptors (Lipinski definition) is 2. The van der Waals surface area contributed by atoms with Gasteiger partial charge in [0.05, 0.1) is 0 Å². The molecule has 0 aliphatic carbocycles. The third-order valence-electron chi connectivity index (χ3n) is 3.37. The third-order valence-corrected chi connectivity index (χ3v) is 7.47. The monoisotopic (exact) mass is 362 g/mol. The van der Waals surface area contributed by atoms with E-state index in [1.165, 1.54) is 11.1 Å². The van der Waals surface area contributed by atoms with Gasteiger partial charge in [-0.3, -0.25) is 0 Å². The highest BCUT2D eigenvalue weighted by atomic mass is 28.4. The maximum Gasteiger partial charge on any atom is 0.211 e. The Morgan fingerprint density at radius 1 is 0.667 bits per heavy atom. The van der Waals surface area contributed by atoms with Gasteiger partial charge in [-0.05, 0) is 65.0 Å². The zero-order chi connectivity index (χ0) is 18.4. The van der Waals surface area contributed by atoms with E-state index >= 15 is 0 Å². The van der Waals surface area contributed by atoms with Gasteiger partial charge in [-0.2, -0.15) is 0 Å². The Kier molecular flexibility index (Phi) is 7.87. The summed E-state index contributed by atoms with van der Waals surface area (Å²) in [4.78, 5) is 0. The predicted molar refractivity (Wildman–Crippen MR) is 112 cm³/mol. The van der Waals surface area contributed by atoms with Crippen LogP contribution in [0.1, 0.15) is 38.8 Å².